The zero-order valence-corrected chi connectivity index (χ0v) is 9.91. The molecule has 0 saturated carbocycles. The van der Waals surface area contributed by atoms with E-state index in [9.17, 15) is 4.79 Å². The lowest BCUT2D eigenvalue weighted by atomic mass is 10.2. The van der Waals surface area contributed by atoms with Crippen LogP contribution in [-0.4, -0.2) is 12.7 Å². The van der Waals surface area contributed by atoms with Crippen LogP contribution in [0.25, 0.3) is 0 Å². The summed E-state index contributed by atoms with van der Waals surface area (Å²) in [5, 5.41) is 2.67. The highest BCUT2D eigenvalue weighted by Crippen LogP contribution is 2.09. The molecule has 0 atom stereocenters. The molecule has 0 bridgehead atoms. The van der Waals surface area contributed by atoms with Gasteiger partial charge in [0.1, 0.15) is 6.61 Å². The molecule has 0 aliphatic heterocycles. The Labute approximate surface area is 96.1 Å². The summed E-state index contributed by atoms with van der Waals surface area (Å²) >= 11 is 0. The van der Waals surface area contributed by atoms with Crippen molar-refractivity contribution in [2.24, 2.45) is 0 Å². The average molecular weight is 219 g/mol. The lowest BCUT2D eigenvalue weighted by molar-refractivity contribution is 0.174. The van der Waals surface area contributed by atoms with Gasteiger partial charge in [0, 0.05) is 5.69 Å². The SMILES string of the molecule is CC(C)=CCOC(=O)Nc1cccc(C)c1. The number of amides is 1. The fraction of sp³-hybridized carbons (Fsp3) is 0.308. The molecule has 0 fully saturated rings. The Kier molecular flexibility index (Phi) is 4.58. The van der Waals surface area contributed by atoms with Crippen molar-refractivity contribution in [1.29, 1.82) is 0 Å². The van der Waals surface area contributed by atoms with Crippen molar-refractivity contribution >= 4 is 11.8 Å². The highest BCUT2D eigenvalue weighted by molar-refractivity contribution is 5.84. The van der Waals surface area contributed by atoms with Gasteiger partial charge in [-0.05, 0) is 44.5 Å². The maximum absolute atomic E-state index is 11.3. The second-order valence-electron chi connectivity index (χ2n) is 3.87. The molecule has 0 spiro atoms. The maximum atomic E-state index is 11.3. The lowest BCUT2D eigenvalue weighted by Crippen LogP contribution is -2.13. The Bertz CT molecular complexity index is 393. The van der Waals surface area contributed by atoms with E-state index in [0.29, 0.717) is 6.61 Å². The molecule has 0 aromatic heterocycles. The monoisotopic (exact) mass is 219 g/mol. The van der Waals surface area contributed by atoms with E-state index in [4.69, 9.17) is 4.74 Å². The van der Waals surface area contributed by atoms with Crippen LogP contribution in [0.4, 0.5) is 10.5 Å². The van der Waals surface area contributed by atoms with Crippen LogP contribution in [0.2, 0.25) is 0 Å². The van der Waals surface area contributed by atoms with E-state index < -0.39 is 6.09 Å². The normalized spacial score (nSPS) is 9.44. The van der Waals surface area contributed by atoms with Gasteiger partial charge < -0.3 is 4.74 Å². The molecule has 0 heterocycles. The first kappa shape index (κ1) is 12.3. The summed E-state index contributed by atoms with van der Waals surface area (Å²) < 4.78 is 4.97. The van der Waals surface area contributed by atoms with E-state index in [-0.39, 0.29) is 0 Å². The summed E-state index contributed by atoms with van der Waals surface area (Å²) in [7, 11) is 0. The molecule has 1 aromatic carbocycles. The van der Waals surface area contributed by atoms with Gasteiger partial charge in [0.2, 0.25) is 0 Å². The van der Waals surface area contributed by atoms with Crippen LogP contribution in [0.3, 0.4) is 0 Å². The lowest BCUT2D eigenvalue weighted by Gasteiger charge is -2.05. The predicted molar refractivity (Wildman–Crippen MR) is 65.6 cm³/mol. The van der Waals surface area contributed by atoms with Gasteiger partial charge in [0.15, 0.2) is 0 Å². The molecule has 1 aromatic rings. The van der Waals surface area contributed by atoms with Crippen LogP contribution in [0.5, 0.6) is 0 Å². The number of hydrogen-bond acceptors (Lipinski definition) is 2. The van der Waals surface area contributed by atoms with Crippen LogP contribution < -0.4 is 5.32 Å². The van der Waals surface area contributed by atoms with Crippen molar-refractivity contribution in [3.63, 3.8) is 0 Å². The molecule has 1 rings (SSSR count). The first-order valence-electron chi connectivity index (χ1n) is 5.22. The van der Waals surface area contributed by atoms with E-state index in [1.807, 2.05) is 51.1 Å². The summed E-state index contributed by atoms with van der Waals surface area (Å²) in [5.41, 5.74) is 2.98. The van der Waals surface area contributed by atoms with E-state index in [2.05, 4.69) is 5.32 Å². The number of anilines is 1. The summed E-state index contributed by atoms with van der Waals surface area (Å²) in [6.45, 7) is 6.20. The third-order valence-electron chi connectivity index (χ3n) is 1.97. The third kappa shape index (κ3) is 4.64. The number of allylic oxidation sites excluding steroid dienone is 1. The number of ether oxygens (including phenoxy) is 1. The summed E-state index contributed by atoms with van der Waals surface area (Å²) in [6, 6.07) is 7.58. The Balaban J connectivity index is 2.43. The quantitative estimate of drug-likeness (QED) is 0.790. The van der Waals surface area contributed by atoms with Crippen LogP contribution in [-0.2, 0) is 4.74 Å². The molecule has 0 saturated heterocycles. The Morgan fingerprint density at radius 1 is 1.44 bits per heavy atom. The molecular weight excluding hydrogens is 202 g/mol. The number of rotatable bonds is 3. The number of hydrogen-bond donors (Lipinski definition) is 1. The minimum absolute atomic E-state index is 0.306. The van der Waals surface area contributed by atoms with Crippen LogP contribution in [0, 0.1) is 6.92 Å². The van der Waals surface area contributed by atoms with Gasteiger partial charge in [-0.25, -0.2) is 4.79 Å². The van der Waals surface area contributed by atoms with Gasteiger partial charge in [-0.15, -0.1) is 0 Å². The smallest absolute Gasteiger partial charge is 0.411 e. The molecule has 1 N–H and O–H groups in total. The molecule has 16 heavy (non-hydrogen) atoms. The van der Waals surface area contributed by atoms with Crippen LogP contribution in [0.15, 0.2) is 35.9 Å². The summed E-state index contributed by atoms with van der Waals surface area (Å²) in [6.07, 6.45) is 1.43. The molecule has 0 radical (unpaired) electrons. The standard InChI is InChI=1S/C13H17NO2/c1-10(2)7-8-16-13(15)14-12-6-4-5-11(3)9-12/h4-7,9H,8H2,1-3H3,(H,14,15). The van der Waals surface area contributed by atoms with E-state index in [0.717, 1.165) is 16.8 Å². The zero-order valence-electron chi connectivity index (χ0n) is 9.91. The second-order valence-corrected chi connectivity index (χ2v) is 3.87. The summed E-state index contributed by atoms with van der Waals surface area (Å²) in [4.78, 5) is 11.3. The number of carbonyl (C=O) groups excluding carboxylic acids is 1. The fourth-order valence-corrected chi connectivity index (χ4v) is 1.16. The van der Waals surface area contributed by atoms with E-state index >= 15 is 0 Å². The van der Waals surface area contributed by atoms with Gasteiger partial charge in [-0.2, -0.15) is 0 Å². The Morgan fingerprint density at radius 2 is 2.19 bits per heavy atom. The number of benzene rings is 1. The topological polar surface area (TPSA) is 38.3 Å². The molecule has 3 nitrogen and oxygen atoms in total. The van der Waals surface area contributed by atoms with Gasteiger partial charge >= 0.3 is 6.09 Å². The first-order valence-corrected chi connectivity index (χ1v) is 5.22. The molecule has 0 aliphatic rings. The van der Waals surface area contributed by atoms with Crippen molar-refractivity contribution in [1.82, 2.24) is 0 Å². The minimum Gasteiger partial charge on any atom is -0.445 e. The van der Waals surface area contributed by atoms with E-state index in [1.165, 1.54) is 0 Å². The summed E-state index contributed by atoms with van der Waals surface area (Å²) in [5.74, 6) is 0. The Morgan fingerprint density at radius 3 is 2.81 bits per heavy atom. The number of carbonyl (C=O) groups is 1. The average Bonchev–Trinajstić information content (AvgIpc) is 2.16. The van der Waals surface area contributed by atoms with Gasteiger partial charge in [-0.3, -0.25) is 5.32 Å². The molecule has 1 amide bonds. The highest BCUT2D eigenvalue weighted by atomic mass is 16.5. The van der Waals surface area contributed by atoms with Gasteiger partial charge in [0.25, 0.3) is 0 Å². The van der Waals surface area contributed by atoms with E-state index in [1.54, 1.807) is 0 Å². The van der Waals surface area contributed by atoms with Crippen LogP contribution >= 0.6 is 0 Å². The number of aryl methyl sites for hydroxylation is 1. The van der Waals surface area contributed by atoms with Gasteiger partial charge in [0.05, 0.1) is 0 Å². The highest BCUT2D eigenvalue weighted by Gasteiger charge is 2.01. The zero-order chi connectivity index (χ0) is 12.0. The van der Waals surface area contributed by atoms with Crippen LogP contribution in [0.1, 0.15) is 19.4 Å². The van der Waals surface area contributed by atoms with Crippen molar-refractivity contribution in [2.75, 3.05) is 11.9 Å². The van der Waals surface area contributed by atoms with Crippen molar-refractivity contribution in [3.8, 4) is 0 Å². The van der Waals surface area contributed by atoms with Gasteiger partial charge in [-0.1, -0.05) is 17.7 Å². The second kappa shape index (κ2) is 5.95. The molecule has 0 unspecified atom stereocenters. The third-order valence-corrected chi connectivity index (χ3v) is 1.97. The largest absolute Gasteiger partial charge is 0.445 e. The Hall–Kier alpha value is -1.77. The minimum atomic E-state index is -0.428. The van der Waals surface area contributed by atoms with Crippen molar-refractivity contribution in [2.45, 2.75) is 20.8 Å². The number of nitrogens with one attached hydrogen (secondary N) is 1. The molecular formula is C13H17NO2. The predicted octanol–water partition coefficient (Wildman–Crippen LogP) is 3.51. The van der Waals surface area contributed by atoms with Crippen molar-refractivity contribution in [3.05, 3.63) is 41.5 Å². The molecule has 3 heteroatoms. The fourth-order valence-electron chi connectivity index (χ4n) is 1.16. The first-order chi connectivity index (χ1) is 7.58. The molecule has 0 aliphatic carbocycles. The maximum Gasteiger partial charge on any atom is 0.411 e. The molecule has 86 valence electrons. The van der Waals surface area contributed by atoms with Crippen molar-refractivity contribution < 1.29 is 9.53 Å².